The maximum absolute atomic E-state index is 12.7. The Hall–Kier alpha value is -1.82. The van der Waals surface area contributed by atoms with Gasteiger partial charge in [-0.2, -0.15) is 0 Å². The molecular weight excluding hydrogens is 358 g/mol. The van der Waals surface area contributed by atoms with Crippen molar-refractivity contribution in [3.05, 3.63) is 30.3 Å². The summed E-state index contributed by atoms with van der Waals surface area (Å²) in [6.07, 6.45) is 5.22. The van der Waals surface area contributed by atoms with Crippen LogP contribution < -0.4 is 10.5 Å². The quantitative estimate of drug-likeness (QED) is 0.566. The molecular formula is C21H33NO4Si. The van der Waals surface area contributed by atoms with Crippen LogP contribution in [0.3, 0.4) is 0 Å². The summed E-state index contributed by atoms with van der Waals surface area (Å²) in [5.74, 6) is 0.0155. The minimum Gasteiger partial charge on any atom is -0.467 e. The molecule has 1 aromatic rings. The molecule has 1 aliphatic rings. The number of hydrogen-bond acceptors (Lipinski definition) is 4. The van der Waals surface area contributed by atoms with E-state index in [2.05, 4.69) is 30.5 Å². The number of benzene rings is 1. The molecule has 150 valence electrons. The van der Waals surface area contributed by atoms with E-state index in [1.54, 1.807) is 6.92 Å². The zero-order valence-corrected chi connectivity index (χ0v) is 18.0. The molecule has 1 aromatic carbocycles. The van der Waals surface area contributed by atoms with Crippen molar-refractivity contribution in [2.24, 2.45) is 5.92 Å². The highest BCUT2D eigenvalue weighted by Crippen LogP contribution is 2.42. The highest BCUT2D eigenvalue weighted by Gasteiger charge is 2.47. The number of amides is 1. The first-order valence-corrected chi connectivity index (χ1v) is 13.1. The summed E-state index contributed by atoms with van der Waals surface area (Å²) in [6.45, 7) is 6.62. The van der Waals surface area contributed by atoms with Crippen molar-refractivity contribution >= 4 is 25.3 Å². The number of alkyl carbamates (subject to hydrolysis) is 1. The first-order valence-electron chi connectivity index (χ1n) is 9.98. The third kappa shape index (κ3) is 5.34. The van der Waals surface area contributed by atoms with Crippen LogP contribution in [0, 0.1) is 5.92 Å². The average molecular weight is 392 g/mol. The van der Waals surface area contributed by atoms with Gasteiger partial charge in [0.1, 0.15) is 6.04 Å². The number of methoxy groups -OCH3 is 1. The molecule has 0 aliphatic heterocycles. The maximum atomic E-state index is 12.7. The molecule has 1 saturated carbocycles. The van der Waals surface area contributed by atoms with Crippen molar-refractivity contribution in [2.75, 3.05) is 13.7 Å². The lowest BCUT2D eigenvalue weighted by molar-refractivity contribution is -0.143. The van der Waals surface area contributed by atoms with E-state index in [0.717, 1.165) is 12.8 Å². The summed E-state index contributed by atoms with van der Waals surface area (Å²) in [7, 11) is -0.713. The van der Waals surface area contributed by atoms with Crippen LogP contribution in [0.5, 0.6) is 0 Å². The maximum Gasteiger partial charge on any atom is 0.407 e. The third-order valence-electron chi connectivity index (χ3n) is 5.87. The van der Waals surface area contributed by atoms with Gasteiger partial charge in [-0.05, 0) is 18.4 Å². The molecule has 1 amide bonds. The Morgan fingerprint density at radius 2 is 1.78 bits per heavy atom. The number of carbonyl (C=O) groups excluding carboxylic acids is 2. The summed E-state index contributed by atoms with van der Waals surface area (Å²) in [5, 5.41) is 4.13. The lowest BCUT2D eigenvalue weighted by Gasteiger charge is -2.43. The summed E-state index contributed by atoms with van der Waals surface area (Å²) >= 11 is 0. The molecule has 0 aromatic heterocycles. The zero-order chi connectivity index (χ0) is 19.9. The second-order valence-corrected chi connectivity index (χ2v) is 12.6. The number of nitrogens with one attached hydrogen (secondary N) is 1. The van der Waals surface area contributed by atoms with Gasteiger partial charge in [-0.3, -0.25) is 0 Å². The zero-order valence-electron chi connectivity index (χ0n) is 17.0. The van der Waals surface area contributed by atoms with Gasteiger partial charge in [-0.15, -0.1) is 0 Å². The van der Waals surface area contributed by atoms with Gasteiger partial charge in [0.05, 0.1) is 21.8 Å². The van der Waals surface area contributed by atoms with E-state index in [4.69, 9.17) is 9.47 Å². The molecule has 0 radical (unpaired) electrons. The Kier molecular flexibility index (Phi) is 7.89. The fraction of sp³-hybridized carbons (Fsp3) is 0.619. The molecule has 1 aliphatic carbocycles. The summed E-state index contributed by atoms with van der Waals surface area (Å²) in [6, 6.07) is 9.74. The van der Waals surface area contributed by atoms with Crippen LogP contribution in [0.4, 0.5) is 4.79 Å². The Balaban J connectivity index is 2.44. The highest BCUT2D eigenvalue weighted by molar-refractivity contribution is 6.91. The van der Waals surface area contributed by atoms with E-state index in [1.165, 1.54) is 31.6 Å². The molecule has 0 spiro atoms. The predicted octanol–water partition coefficient (Wildman–Crippen LogP) is 3.84. The van der Waals surface area contributed by atoms with Gasteiger partial charge in [-0.25, -0.2) is 9.59 Å². The SMILES string of the molecule is CCOC(=O)N[C@H](C(=O)OC)[C@@H](C1CCCCC1)[Si](C)(C)c1ccccc1. The Bertz CT molecular complexity index is 614. The summed E-state index contributed by atoms with van der Waals surface area (Å²) in [4.78, 5) is 24.9. The molecule has 0 bridgehead atoms. The van der Waals surface area contributed by atoms with Crippen molar-refractivity contribution in [3.63, 3.8) is 0 Å². The van der Waals surface area contributed by atoms with E-state index in [-0.39, 0.29) is 18.1 Å². The fourth-order valence-electron chi connectivity index (χ4n) is 4.55. The van der Waals surface area contributed by atoms with E-state index in [1.807, 2.05) is 18.2 Å². The number of hydrogen-bond donors (Lipinski definition) is 1. The first kappa shape index (κ1) is 21.5. The van der Waals surface area contributed by atoms with Gasteiger partial charge in [0.25, 0.3) is 0 Å². The van der Waals surface area contributed by atoms with Crippen LogP contribution in [0.1, 0.15) is 39.0 Å². The summed E-state index contributed by atoms with van der Waals surface area (Å²) in [5.41, 5.74) is 0.0528. The van der Waals surface area contributed by atoms with E-state index in [0.29, 0.717) is 5.92 Å². The van der Waals surface area contributed by atoms with E-state index in [9.17, 15) is 9.59 Å². The van der Waals surface area contributed by atoms with Crippen molar-refractivity contribution < 1.29 is 19.1 Å². The number of ether oxygens (including phenoxy) is 2. The Labute approximate surface area is 163 Å². The molecule has 1 N–H and O–H groups in total. The smallest absolute Gasteiger partial charge is 0.407 e. The molecule has 0 heterocycles. The molecule has 2 rings (SSSR count). The van der Waals surface area contributed by atoms with Crippen molar-refractivity contribution in [1.29, 1.82) is 0 Å². The van der Waals surface area contributed by atoms with Gasteiger partial charge in [-0.1, -0.05) is 80.7 Å². The van der Waals surface area contributed by atoms with Gasteiger partial charge < -0.3 is 14.8 Å². The van der Waals surface area contributed by atoms with Gasteiger partial charge in [0, 0.05) is 0 Å². The lowest BCUT2D eigenvalue weighted by atomic mass is 9.84. The molecule has 6 heteroatoms. The van der Waals surface area contributed by atoms with Crippen LogP contribution in [0.2, 0.25) is 18.6 Å². The number of rotatable bonds is 7. The topological polar surface area (TPSA) is 64.6 Å². The van der Waals surface area contributed by atoms with Crippen LogP contribution >= 0.6 is 0 Å². The molecule has 0 saturated heterocycles. The second-order valence-electron chi connectivity index (χ2n) is 7.88. The lowest BCUT2D eigenvalue weighted by Crippen LogP contribution is -2.59. The molecule has 0 unspecified atom stereocenters. The molecule has 5 nitrogen and oxygen atoms in total. The summed E-state index contributed by atoms with van der Waals surface area (Å²) < 4.78 is 10.2. The second kappa shape index (κ2) is 9.92. The van der Waals surface area contributed by atoms with Gasteiger partial charge in [0.15, 0.2) is 0 Å². The van der Waals surface area contributed by atoms with E-state index < -0.39 is 20.2 Å². The van der Waals surface area contributed by atoms with Crippen molar-refractivity contribution in [3.8, 4) is 0 Å². The molecule has 1 fully saturated rings. The van der Waals surface area contributed by atoms with E-state index >= 15 is 0 Å². The average Bonchev–Trinajstić information content (AvgIpc) is 2.68. The monoisotopic (exact) mass is 391 g/mol. The van der Waals surface area contributed by atoms with Crippen molar-refractivity contribution in [1.82, 2.24) is 5.32 Å². The minimum atomic E-state index is -2.10. The van der Waals surface area contributed by atoms with Gasteiger partial charge >= 0.3 is 12.1 Å². The highest BCUT2D eigenvalue weighted by atomic mass is 28.3. The van der Waals surface area contributed by atoms with Crippen molar-refractivity contribution in [2.45, 2.75) is 63.7 Å². The Morgan fingerprint density at radius 1 is 1.15 bits per heavy atom. The van der Waals surface area contributed by atoms with Crippen LogP contribution in [-0.4, -0.2) is 39.9 Å². The number of esters is 1. The predicted molar refractivity (Wildman–Crippen MR) is 110 cm³/mol. The molecule has 2 atom stereocenters. The van der Waals surface area contributed by atoms with Gasteiger partial charge in [0.2, 0.25) is 0 Å². The standard InChI is InChI=1S/C21H33NO4Si/c1-5-26-21(24)22-18(20(23)25-2)19(16-12-8-6-9-13-16)27(3,4)17-14-10-7-11-15-17/h7,10-11,14-16,18-19H,5-6,8-9,12-13H2,1-4H3,(H,22,24)/t18-,19+/m0/s1. The first-order chi connectivity index (χ1) is 12.9. The fourth-order valence-corrected chi connectivity index (χ4v) is 8.55. The number of carbonyl (C=O) groups is 2. The molecule has 27 heavy (non-hydrogen) atoms. The van der Waals surface area contributed by atoms with Crippen LogP contribution in [0.15, 0.2) is 30.3 Å². The Morgan fingerprint density at radius 3 is 2.33 bits per heavy atom. The minimum absolute atomic E-state index is 0.0528. The van der Waals surface area contributed by atoms with Crippen LogP contribution in [-0.2, 0) is 14.3 Å². The third-order valence-corrected chi connectivity index (χ3v) is 10.2. The largest absolute Gasteiger partial charge is 0.467 e. The normalized spacial score (nSPS) is 17.6. The van der Waals surface area contributed by atoms with Crippen LogP contribution in [0.25, 0.3) is 0 Å².